The van der Waals surface area contributed by atoms with E-state index in [0.717, 1.165) is 31.2 Å². The Labute approximate surface area is 126 Å². The molecule has 0 radical (unpaired) electrons. The van der Waals surface area contributed by atoms with Crippen molar-refractivity contribution in [2.75, 3.05) is 12.8 Å². The number of nitrogens with one attached hydrogen (secondary N) is 2. The zero-order chi connectivity index (χ0) is 16.6. The van der Waals surface area contributed by atoms with Crippen molar-refractivity contribution in [1.29, 1.82) is 0 Å². The lowest BCUT2D eigenvalue weighted by molar-refractivity contribution is -0.140. The van der Waals surface area contributed by atoms with E-state index in [9.17, 15) is 26.4 Å². The third-order valence-electron chi connectivity index (χ3n) is 4.11. The van der Waals surface area contributed by atoms with Crippen molar-refractivity contribution >= 4 is 15.7 Å². The van der Waals surface area contributed by atoms with Gasteiger partial charge in [-0.2, -0.15) is 13.2 Å². The third kappa shape index (κ3) is 3.29. The number of rotatable bonds is 4. The molecule has 1 fully saturated rings. The third-order valence-corrected chi connectivity index (χ3v) is 6.23. The molecule has 1 saturated carbocycles. The lowest BCUT2D eigenvalue weighted by Crippen LogP contribution is -2.46. The molecular weight excluding hydrogens is 321 g/mol. The first-order chi connectivity index (χ1) is 10.1. The lowest BCUT2D eigenvalue weighted by atomic mass is 10.1. The zero-order valence-corrected chi connectivity index (χ0v) is 12.8. The van der Waals surface area contributed by atoms with E-state index in [-0.39, 0.29) is 12.2 Å². The van der Waals surface area contributed by atoms with Gasteiger partial charge in [-0.3, -0.25) is 4.79 Å². The molecule has 0 atom stereocenters. The van der Waals surface area contributed by atoms with E-state index in [0.29, 0.717) is 12.8 Å². The number of carbonyl (C=O) groups is 1. The molecular formula is C13H17F3N2O3S. The summed E-state index contributed by atoms with van der Waals surface area (Å²) in [5.74, 6) is -0.745. The molecule has 5 nitrogen and oxygen atoms in total. The van der Waals surface area contributed by atoms with Crippen LogP contribution in [0.5, 0.6) is 0 Å². The Bertz CT molecular complexity index is 658. The monoisotopic (exact) mass is 338 g/mol. The Morgan fingerprint density at radius 1 is 1.32 bits per heavy atom. The summed E-state index contributed by atoms with van der Waals surface area (Å²) >= 11 is 0. The molecule has 1 aromatic rings. The van der Waals surface area contributed by atoms with Crippen LogP contribution in [0.15, 0.2) is 12.1 Å². The van der Waals surface area contributed by atoms with E-state index in [1.807, 2.05) is 4.98 Å². The first-order valence-corrected chi connectivity index (χ1v) is 8.68. The topological polar surface area (TPSA) is 79.0 Å². The molecule has 2 N–H and O–H groups in total. The Balaban J connectivity index is 2.08. The van der Waals surface area contributed by atoms with Crippen LogP contribution in [-0.4, -0.2) is 36.9 Å². The van der Waals surface area contributed by atoms with Crippen molar-refractivity contribution in [2.24, 2.45) is 0 Å². The van der Waals surface area contributed by atoms with Gasteiger partial charge in [0.2, 0.25) is 0 Å². The highest BCUT2D eigenvalue weighted by atomic mass is 32.2. The average molecular weight is 338 g/mol. The zero-order valence-electron chi connectivity index (χ0n) is 12.0. The minimum absolute atomic E-state index is 0.0922. The van der Waals surface area contributed by atoms with E-state index in [4.69, 9.17) is 0 Å². The Morgan fingerprint density at radius 3 is 2.36 bits per heavy atom. The van der Waals surface area contributed by atoms with Crippen molar-refractivity contribution in [3.05, 3.63) is 23.5 Å². The van der Waals surface area contributed by atoms with Crippen LogP contribution in [0.3, 0.4) is 0 Å². The van der Waals surface area contributed by atoms with E-state index in [1.165, 1.54) is 0 Å². The number of H-pyrrole nitrogens is 1. The summed E-state index contributed by atoms with van der Waals surface area (Å²) in [4.78, 5) is 13.9. The lowest BCUT2D eigenvalue weighted by Gasteiger charge is -2.26. The average Bonchev–Trinajstić information content (AvgIpc) is 3.04. The fraction of sp³-hybridized carbons (Fsp3) is 0.615. The van der Waals surface area contributed by atoms with Gasteiger partial charge in [0.05, 0.1) is 4.75 Å². The summed E-state index contributed by atoms with van der Waals surface area (Å²) in [5.41, 5.74) is -1.26. The highest BCUT2D eigenvalue weighted by molar-refractivity contribution is 7.92. The summed E-state index contributed by atoms with van der Waals surface area (Å²) < 4.78 is 60.3. The highest BCUT2D eigenvalue weighted by Gasteiger charge is 2.43. The molecule has 1 aromatic heterocycles. The van der Waals surface area contributed by atoms with Crippen molar-refractivity contribution in [3.8, 4) is 0 Å². The number of aromatic amines is 1. The SMILES string of the molecule is CS(=O)(=O)C1(CNC(=O)c2ccc(C(F)(F)F)[nH]2)CCCC1. The summed E-state index contributed by atoms with van der Waals surface area (Å²) in [6.45, 7) is -0.0922. The number of sulfone groups is 1. The van der Waals surface area contributed by atoms with Gasteiger partial charge in [0, 0.05) is 12.8 Å². The molecule has 0 saturated heterocycles. The maximum absolute atomic E-state index is 12.5. The van der Waals surface area contributed by atoms with Crippen LogP contribution >= 0.6 is 0 Å². The van der Waals surface area contributed by atoms with Gasteiger partial charge in [0.1, 0.15) is 11.4 Å². The number of hydrogen-bond acceptors (Lipinski definition) is 3. The number of hydrogen-bond donors (Lipinski definition) is 2. The van der Waals surface area contributed by atoms with Gasteiger partial charge in [0.15, 0.2) is 9.84 Å². The van der Waals surface area contributed by atoms with Gasteiger partial charge in [-0.05, 0) is 25.0 Å². The Kier molecular flexibility index (Phi) is 4.29. The predicted molar refractivity (Wildman–Crippen MR) is 74.2 cm³/mol. The van der Waals surface area contributed by atoms with Gasteiger partial charge in [-0.1, -0.05) is 12.8 Å². The summed E-state index contributed by atoms with van der Waals surface area (Å²) in [6.07, 6.45) is -1.03. The highest BCUT2D eigenvalue weighted by Crippen LogP contribution is 2.36. The normalized spacial score (nSPS) is 18.4. The molecule has 0 bridgehead atoms. The molecule has 9 heteroatoms. The Morgan fingerprint density at radius 2 is 1.91 bits per heavy atom. The second-order valence-corrected chi connectivity index (χ2v) is 8.04. The van der Waals surface area contributed by atoms with E-state index in [1.54, 1.807) is 0 Å². The maximum atomic E-state index is 12.5. The van der Waals surface area contributed by atoms with Crippen molar-refractivity contribution in [1.82, 2.24) is 10.3 Å². The van der Waals surface area contributed by atoms with Crippen LogP contribution < -0.4 is 5.32 Å². The van der Waals surface area contributed by atoms with Gasteiger partial charge in [-0.15, -0.1) is 0 Å². The molecule has 2 rings (SSSR count). The molecule has 124 valence electrons. The minimum Gasteiger partial charge on any atom is -0.349 e. The number of alkyl halides is 3. The smallest absolute Gasteiger partial charge is 0.349 e. The second kappa shape index (κ2) is 5.60. The van der Waals surface area contributed by atoms with Crippen molar-refractivity contribution in [3.63, 3.8) is 0 Å². The van der Waals surface area contributed by atoms with Crippen LogP contribution in [0.2, 0.25) is 0 Å². The number of aromatic nitrogens is 1. The molecule has 1 aliphatic rings. The van der Waals surface area contributed by atoms with E-state index >= 15 is 0 Å². The summed E-state index contributed by atoms with van der Waals surface area (Å²) in [7, 11) is -3.36. The van der Waals surface area contributed by atoms with Gasteiger partial charge in [-0.25, -0.2) is 8.42 Å². The maximum Gasteiger partial charge on any atom is 0.431 e. The number of carbonyl (C=O) groups excluding carboxylic acids is 1. The van der Waals surface area contributed by atoms with Gasteiger partial charge >= 0.3 is 6.18 Å². The van der Waals surface area contributed by atoms with Gasteiger partial charge < -0.3 is 10.3 Å². The predicted octanol–water partition coefficient (Wildman–Crippen LogP) is 2.12. The van der Waals surface area contributed by atoms with Crippen LogP contribution in [0.1, 0.15) is 41.9 Å². The molecule has 22 heavy (non-hydrogen) atoms. The van der Waals surface area contributed by atoms with Crippen LogP contribution in [-0.2, 0) is 16.0 Å². The molecule has 1 amide bonds. The van der Waals surface area contributed by atoms with Gasteiger partial charge in [0.25, 0.3) is 5.91 Å². The standard InChI is InChI=1S/C13H17F3N2O3S/c1-22(20,21)12(6-2-3-7-12)8-17-11(19)9-4-5-10(18-9)13(14,15)16/h4-5,18H,2-3,6-8H2,1H3,(H,17,19). The van der Waals surface area contributed by atoms with Crippen LogP contribution in [0.4, 0.5) is 13.2 Å². The molecule has 0 aromatic carbocycles. The number of amides is 1. The number of halogens is 3. The first kappa shape index (κ1) is 16.9. The molecule has 0 unspecified atom stereocenters. The first-order valence-electron chi connectivity index (χ1n) is 6.79. The fourth-order valence-corrected chi connectivity index (χ4v) is 4.09. The summed E-state index contributed by atoms with van der Waals surface area (Å²) in [5, 5.41) is 2.44. The van der Waals surface area contributed by atoms with Crippen LogP contribution in [0, 0.1) is 0 Å². The van der Waals surface area contributed by atoms with Crippen molar-refractivity contribution < 1.29 is 26.4 Å². The molecule has 0 aliphatic heterocycles. The Hall–Kier alpha value is -1.51. The minimum atomic E-state index is -4.56. The quantitative estimate of drug-likeness (QED) is 0.883. The van der Waals surface area contributed by atoms with E-state index < -0.39 is 32.4 Å². The van der Waals surface area contributed by atoms with Crippen molar-refractivity contribution in [2.45, 2.75) is 36.6 Å². The summed E-state index contributed by atoms with van der Waals surface area (Å²) in [6, 6.07) is 1.80. The largest absolute Gasteiger partial charge is 0.431 e. The molecule has 1 heterocycles. The molecule has 0 spiro atoms. The van der Waals surface area contributed by atoms with Crippen LogP contribution in [0.25, 0.3) is 0 Å². The van der Waals surface area contributed by atoms with E-state index in [2.05, 4.69) is 5.32 Å². The fourth-order valence-electron chi connectivity index (χ4n) is 2.73. The molecule has 1 aliphatic carbocycles. The second-order valence-electron chi connectivity index (χ2n) is 5.63.